The van der Waals surface area contributed by atoms with Gasteiger partial charge in [-0.15, -0.1) is 0 Å². The molecule has 2 aromatic rings. The van der Waals surface area contributed by atoms with Crippen LogP contribution in [0.15, 0.2) is 48.3 Å². The highest BCUT2D eigenvalue weighted by Gasteiger charge is 2.49. The molecule has 31 heavy (non-hydrogen) atoms. The van der Waals surface area contributed by atoms with Crippen molar-refractivity contribution < 1.29 is 19.4 Å². The Hall–Kier alpha value is -2.86. The zero-order chi connectivity index (χ0) is 22.0. The van der Waals surface area contributed by atoms with E-state index in [1.165, 1.54) is 0 Å². The lowest BCUT2D eigenvalue weighted by Crippen LogP contribution is -2.40. The Bertz CT molecular complexity index is 1020. The van der Waals surface area contributed by atoms with Gasteiger partial charge in [0.05, 0.1) is 23.2 Å². The van der Waals surface area contributed by atoms with Crippen LogP contribution in [0.25, 0.3) is 5.76 Å². The number of halogens is 1. The number of aliphatic hydroxyl groups is 1. The molecule has 6 nitrogen and oxygen atoms in total. The molecule has 1 atom stereocenters. The van der Waals surface area contributed by atoms with Gasteiger partial charge in [0.15, 0.2) is 0 Å². The maximum absolute atomic E-state index is 13.2. The molecule has 1 aromatic carbocycles. The van der Waals surface area contributed by atoms with Crippen LogP contribution in [0.4, 0.5) is 0 Å². The quantitative estimate of drug-likeness (QED) is 0.407. The highest BCUT2D eigenvalue weighted by Crippen LogP contribution is 2.43. The topological polar surface area (TPSA) is 79.7 Å². The number of ketones is 1. The third-order valence-electron chi connectivity index (χ3n) is 5.95. The molecule has 0 spiro atoms. The summed E-state index contributed by atoms with van der Waals surface area (Å²) in [5.41, 5.74) is 0.994. The van der Waals surface area contributed by atoms with Gasteiger partial charge in [-0.05, 0) is 49.6 Å². The summed E-state index contributed by atoms with van der Waals surface area (Å²) in [6, 6.07) is 7.73. The highest BCUT2D eigenvalue weighted by atomic mass is 35.5. The molecule has 1 saturated carbocycles. The molecule has 1 aromatic heterocycles. The molecular weight excluding hydrogens is 416 g/mol. The van der Waals surface area contributed by atoms with E-state index in [9.17, 15) is 14.7 Å². The van der Waals surface area contributed by atoms with E-state index < -0.39 is 17.7 Å². The number of aliphatic hydroxyl groups excluding tert-OH is 1. The van der Waals surface area contributed by atoms with Crippen LogP contribution >= 0.6 is 11.6 Å². The van der Waals surface area contributed by atoms with Crippen LogP contribution in [0.5, 0.6) is 5.75 Å². The maximum atomic E-state index is 13.2. The highest BCUT2D eigenvalue weighted by molar-refractivity contribution is 6.47. The number of pyridine rings is 1. The van der Waals surface area contributed by atoms with Crippen LogP contribution in [0.2, 0.25) is 5.02 Å². The first-order chi connectivity index (χ1) is 15.0. The maximum Gasteiger partial charge on any atom is 0.295 e. The summed E-state index contributed by atoms with van der Waals surface area (Å²) in [5, 5.41) is 11.5. The van der Waals surface area contributed by atoms with Gasteiger partial charge in [0.25, 0.3) is 11.7 Å². The van der Waals surface area contributed by atoms with Gasteiger partial charge in [0, 0.05) is 24.0 Å². The van der Waals surface area contributed by atoms with Gasteiger partial charge in [0.2, 0.25) is 0 Å². The van der Waals surface area contributed by atoms with Crippen LogP contribution in [-0.2, 0) is 9.59 Å². The number of nitrogens with zero attached hydrogens (tertiary/aromatic N) is 2. The average Bonchev–Trinajstić information content (AvgIpc) is 3.06. The molecule has 7 heteroatoms. The van der Waals surface area contributed by atoms with E-state index in [0.717, 1.165) is 32.1 Å². The first-order valence-electron chi connectivity index (χ1n) is 10.7. The standard InChI is InChI=1S/C24H25ClN2O4/c1-2-31-17-10-11-19(25)18(13-17)22(28)20-21(15-7-6-12-26-14-15)27(24(30)23(20)29)16-8-4-3-5-9-16/h6-7,10-14,16,21,28H,2-5,8-9H2,1H3/b22-20+. The Labute approximate surface area is 186 Å². The number of Topliss-reactive ketones (excluding diaryl/α,β-unsaturated/α-hetero) is 1. The molecule has 1 amide bonds. The monoisotopic (exact) mass is 440 g/mol. The third kappa shape index (κ3) is 4.04. The lowest BCUT2D eigenvalue weighted by molar-refractivity contribution is -0.141. The van der Waals surface area contributed by atoms with Gasteiger partial charge in [0.1, 0.15) is 11.5 Å². The lowest BCUT2D eigenvalue weighted by atomic mass is 9.91. The predicted molar refractivity (Wildman–Crippen MR) is 118 cm³/mol. The summed E-state index contributed by atoms with van der Waals surface area (Å²) in [6.45, 7) is 2.30. The summed E-state index contributed by atoms with van der Waals surface area (Å²) in [7, 11) is 0. The summed E-state index contributed by atoms with van der Waals surface area (Å²) >= 11 is 6.36. The Balaban J connectivity index is 1.87. The first-order valence-corrected chi connectivity index (χ1v) is 11.0. The molecule has 1 N–H and O–H groups in total. The van der Waals surface area contributed by atoms with Crippen LogP contribution in [0, 0.1) is 0 Å². The van der Waals surface area contributed by atoms with Crippen molar-refractivity contribution >= 4 is 29.1 Å². The molecule has 4 rings (SSSR count). The van der Waals surface area contributed by atoms with E-state index in [4.69, 9.17) is 16.3 Å². The number of ether oxygens (including phenoxy) is 1. The van der Waals surface area contributed by atoms with Gasteiger partial charge in [-0.2, -0.15) is 0 Å². The fourth-order valence-corrected chi connectivity index (χ4v) is 4.75. The largest absolute Gasteiger partial charge is 0.507 e. The summed E-state index contributed by atoms with van der Waals surface area (Å²) in [5.74, 6) is -1.06. The number of rotatable bonds is 5. The molecule has 162 valence electrons. The number of benzene rings is 1. The van der Waals surface area contributed by atoms with Crippen LogP contribution in [0.3, 0.4) is 0 Å². The predicted octanol–water partition coefficient (Wildman–Crippen LogP) is 4.89. The number of aromatic nitrogens is 1. The molecule has 2 heterocycles. The second-order valence-electron chi connectivity index (χ2n) is 7.86. The van der Waals surface area contributed by atoms with Crippen molar-refractivity contribution in [3.63, 3.8) is 0 Å². The number of carbonyl (C=O) groups is 2. The van der Waals surface area contributed by atoms with E-state index in [-0.39, 0.29) is 28.0 Å². The molecule has 1 unspecified atom stereocenters. The Kier molecular flexibility index (Phi) is 6.28. The van der Waals surface area contributed by atoms with Crippen molar-refractivity contribution in [1.29, 1.82) is 0 Å². The van der Waals surface area contributed by atoms with Crippen molar-refractivity contribution in [2.24, 2.45) is 0 Å². The fourth-order valence-electron chi connectivity index (χ4n) is 4.54. The molecular formula is C24H25ClN2O4. The summed E-state index contributed by atoms with van der Waals surface area (Å²) < 4.78 is 5.53. The van der Waals surface area contributed by atoms with Crippen molar-refractivity contribution in [2.75, 3.05) is 6.61 Å². The zero-order valence-corrected chi connectivity index (χ0v) is 18.1. The number of hydrogen-bond acceptors (Lipinski definition) is 5. The molecule has 1 saturated heterocycles. The van der Waals surface area contributed by atoms with Crippen molar-refractivity contribution in [3.8, 4) is 5.75 Å². The Morgan fingerprint density at radius 2 is 2.00 bits per heavy atom. The normalized spacial score (nSPS) is 21.5. The van der Waals surface area contributed by atoms with E-state index >= 15 is 0 Å². The lowest BCUT2D eigenvalue weighted by Gasteiger charge is -2.35. The van der Waals surface area contributed by atoms with Crippen molar-refractivity contribution in [3.05, 3.63) is 64.4 Å². The number of carbonyl (C=O) groups excluding carboxylic acids is 2. The SMILES string of the molecule is CCOc1ccc(Cl)c(/C(O)=C2\C(=O)C(=O)N(C3CCCCC3)C2c2cccnc2)c1. The Morgan fingerprint density at radius 3 is 2.68 bits per heavy atom. The van der Waals surface area contributed by atoms with Gasteiger partial charge in [-0.1, -0.05) is 36.9 Å². The number of amides is 1. The van der Waals surface area contributed by atoms with Gasteiger partial charge >= 0.3 is 0 Å². The second-order valence-corrected chi connectivity index (χ2v) is 8.27. The first kappa shape index (κ1) is 21.4. The Morgan fingerprint density at radius 1 is 1.23 bits per heavy atom. The summed E-state index contributed by atoms with van der Waals surface area (Å²) in [4.78, 5) is 32.1. The minimum Gasteiger partial charge on any atom is -0.507 e. The fraction of sp³-hybridized carbons (Fsp3) is 0.375. The van der Waals surface area contributed by atoms with Gasteiger partial charge < -0.3 is 14.7 Å². The molecule has 0 bridgehead atoms. The smallest absolute Gasteiger partial charge is 0.295 e. The molecule has 2 fully saturated rings. The molecule has 1 aliphatic heterocycles. The number of hydrogen-bond donors (Lipinski definition) is 1. The van der Waals surface area contributed by atoms with Crippen molar-refractivity contribution in [1.82, 2.24) is 9.88 Å². The second kappa shape index (κ2) is 9.10. The van der Waals surface area contributed by atoms with E-state index in [2.05, 4.69) is 4.98 Å². The average molecular weight is 441 g/mol. The molecule has 2 aliphatic rings. The van der Waals surface area contributed by atoms with E-state index in [0.29, 0.717) is 17.9 Å². The van der Waals surface area contributed by atoms with Crippen molar-refractivity contribution in [2.45, 2.75) is 51.1 Å². The number of likely N-dealkylation sites (tertiary alicyclic amines) is 1. The van der Waals surface area contributed by atoms with Crippen LogP contribution < -0.4 is 4.74 Å². The summed E-state index contributed by atoms with van der Waals surface area (Å²) in [6.07, 6.45) is 8.09. The van der Waals surface area contributed by atoms with Gasteiger partial charge in [-0.3, -0.25) is 14.6 Å². The van der Waals surface area contributed by atoms with Crippen LogP contribution in [-0.4, -0.2) is 39.3 Å². The van der Waals surface area contributed by atoms with E-state index in [1.54, 1.807) is 41.6 Å². The molecule has 0 radical (unpaired) electrons. The molecule has 1 aliphatic carbocycles. The van der Waals surface area contributed by atoms with E-state index in [1.807, 2.05) is 13.0 Å². The minimum absolute atomic E-state index is 0.0409. The zero-order valence-electron chi connectivity index (χ0n) is 17.4. The third-order valence-corrected chi connectivity index (χ3v) is 6.28. The van der Waals surface area contributed by atoms with Gasteiger partial charge in [-0.25, -0.2) is 0 Å². The minimum atomic E-state index is -0.705. The van der Waals surface area contributed by atoms with Crippen LogP contribution in [0.1, 0.15) is 56.2 Å².